The van der Waals surface area contributed by atoms with Gasteiger partial charge in [0, 0.05) is 0 Å². The van der Waals surface area contributed by atoms with Gasteiger partial charge in [0.2, 0.25) is 6.71 Å². The van der Waals surface area contributed by atoms with Gasteiger partial charge in [-0.25, -0.2) is 0 Å². The van der Waals surface area contributed by atoms with Gasteiger partial charge < -0.3 is 0 Å². The second-order valence-corrected chi connectivity index (χ2v) is 17.6. The van der Waals surface area contributed by atoms with E-state index in [0.717, 1.165) is 0 Å². The Morgan fingerprint density at radius 3 is 1.35 bits per heavy atom. The lowest BCUT2D eigenvalue weighted by Crippen LogP contribution is -2.47. The molecule has 11 aromatic rings. The van der Waals surface area contributed by atoms with Gasteiger partial charge >= 0.3 is 0 Å². The summed E-state index contributed by atoms with van der Waals surface area (Å²) in [6.07, 6.45) is 11.9. The highest BCUT2D eigenvalue weighted by molar-refractivity contribution is 6.84. The number of rotatable bonds is 6. The van der Waals surface area contributed by atoms with Crippen molar-refractivity contribution < 1.29 is 0 Å². The van der Waals surface area contributed by atoms with E-state index in [0.29, 0.717) is 0 Å². The van der Waals surface area contributed by atoms with Gasteiger partial charge in [-0.05, 0) is 134 Å². The van der Waals surface area contributed by atoms with Crippen LogP contribution in [0.25, 0.3) is 82.2 Å². The Hall–Kier alpha value is -7.74. The van der Waals surface area contributed by atoms with E-state index in [1.807, 2.05) is 67.6 Å². The number of hydrogen-bond donors (Lipinski definition) is 0. The first kappa shape index (κ1) is 46.8. The van der Waals surface area contributed by atoms with Crippen molar-refractivity contribution in [3.05, 3.63) is 259 Å². The summed E-state index contributed by atoms with van der Waals surface area (Å²) in [5.41, 5.74) is 13.3. The van der Waals surface area contributed by atoms with Crippen LogP contribution in [0.3, 0.4) is 0 Å². The highest BCUT2D eigenvalue weighted by Gasteiger charge is 2.28. The Balaban J connectivity index is 0.000000246. The molecule has 0 unspecified atom stereocenters. The third kappa shape index (κ3) is 9.44. The molecule has 0 saturated carbocycles. The lowest BCUT2D eigenvalue weighted by Gasteiger charge is -2.16. The highest BCUT2D eigenvalue weighted by atomic mass is 14.3. The summed E-state index contributed by atoms with van der Waals surface area (Å²) in [4.78, 5) is 0. The second kappa shape index (κ2) is 21.7. The van der Waals surface area contributed by atoms with Gasteiger partial charge in [0.05, 0.1) is 0 Å². The Morgan fingerprint density at radius 1 is 0.397 bits per heavy atom. The fraction of sp³-hybridized carbons (Fsp3) is 0.104. The molecule has 0 saturated heterocycles. The molecule has 0 aliphatic carbocycles. The van der Waals surface area contributed by atoms with Crippen molar-refractivity contribution in [1.82, 2.24) is 0 Å². The van der Waals surface area contributed by atoms with Crippen molar-refractivity contribution in [2.24, 2.45) is 0 Å². The van der Waals surface area contributed by atoms with Gasteiger partial charge in [-0.15, -0.1) is 0 Å². The van der Waals surface area contributed by atoms with Gasteiger partial charge in [-0.3, -0.25) is 0 Å². The molecule has 0 spiro atoms. The van der Waals surface area contributed by atoms with E-state index in [9.17, 15) is 0 Å². The van der Waals surface area contributed by atoms with Crippen molar-refractivity contribution in [3.8, 4) is 22.3 Å². The molecular formula is C67H61B. The summed E-state index contributed by atoms with van der Waals surface area (Å²) in [7, 11) is 0. The number of allylic oxidation sites excluding steroid dienone is 5. The van der Waals surface area contributed by atoms with Crippen LogP contribution in [0.15, 0.2) is 231 Å². The van der Waals surface area contributed by atoms with E-state index in [2.05, 4.69) is 212 Å². The molecule has 11 rings (SSSR count). The lowest BCUT2D eigenvalue weighted by molar-refractivity contribution is 1.48. The van der Waals surface area contributed by atoms with Crippen LogP contribution < -0.4 is 16.1 Å². The zero-order valence-corrected chi connectivity index (χ0v) is 40.7. The first-order valence-electron chi connectivity index (χ1n) is 24.0. The maximum atomic E-state index is 3.51. The van der Waals surface area contributed by atoms with Crippen molar-refractivity contribution >= 4 is 77.6 Å². The van der Waals surface area contributed by atoms with Gasteiger partial charge in [-0.1, -0.05) is 266 Å². The molecule has 0 nitrogen and oxygen atoms in total. The number of fused-ring (bicyclic) bond motifs is 6. The van der Waals surface area contributed by atoms with Gasteiger partial charge in [0.15, 0.2) is 0 Å². The minimum absolute atomic E-state index is 0.282. The van der Waals surface area contributed by atoms with Crippen LogP contribution in [-0.4, -0.2) is 6.71 Å². The van der Waals surface area contributed by atoms with Gasteiger partial charge in [-0.2, -0.15) is 0 Å². The predicted molar refractivity (Wildman–Crippen MR) is 305 cm³/mol. The standard InChI is InChI=1S/C46H35B.2C7H8.C7H10/c1-5-33-38(47(4)32-20-13-8-14-21-32)27-26-36-39(33)29(3)40-41(30-16-9-6-10-17-30)45-35-23-15-22-34-28(2)24-25-37(43(34)35)46(45)42(44(36)40)31-18-11-7-12-19-31;2*1-7-5-3-2-4-6-7;1-3-5-7-6-4-2/h5-27H,1-4H3;2*2-6H,1H3;3-7H,1H2,2H3/b33-5-;;;6-4-,7-5-. The molecule has 0 aliphatic heterocycles. The smallest absolute Gasteiger partial charge is 0.0991 e. The van der Waals surface area contributed by atoms with Crippen LogP contribution in [0.2, 0.25) is 6.82 Å². The average Bonchev–Trinajstić information content (AvgIpc) is 3.87. The van der Waals surface area contributed by atoms with Crippen molar-refractivity contribution in [2.45, 2.75) is 48.4 Å². The summed E-state index contributed by atoms with van der Waals surface area (Å²) in [5.74, 6) is 0. The number of aryl methyl sites for hydroxylation is 4. The van der Waals surface area contributed by atoms with E-state index < -0.39 is 0 Å². The zero-order chi connectivity index (χ0) is 47.6. The number of hydrogen-bond acceptors (Lipinski definition) is 0. The second-order valence-electron chi connectivity index (χ2n) is 17.6. The minimum Gasteiger partial charge on any atom is -0.0991 e. The molecule has 0 aromatic heterocycles. The first-order chi connectivity index (χ1) is 33.3. The molecule has 0 fully saturated rings. The Bertz CT molecular complexity index is 3510. The van der Waals surface area contributed by atoms with E-state index in [-0.39, 0.29) is 6.71 Å². The summed E-state index contributed by atoms with van der Waals surface area (Å²) < 4.78 is 0. The summed E-state index contributed by atoms with van der Waals surface area (Å²) in [5, 5.41) is 15.0. The number of benzene rings is 9. The largest absolute Gasteiger partial charge is 0.207 e. The fourth-order valence-corrected chi connectivity index (χ4v) is 9.99. The molecule has 68 heavy (non-hydrogen) atoms. The topological polar surface area (TPSA) is 0 Å². The van der Waals surface area contributed by atoms with Crippen LogP contribution >= 0.6 is 0 Å². The van der Waals surface area contributed by atoms with Crippen LogP contribution in [0.1, 0.15) is 36.1 Å². The van der Waals surface area contributed by atoms with Gasteiger partial charge in [0.1, 0.15) is 0 Å². The first-order valence-corrected chi connectivity index (χ1v) is 24.0. The Labute approximate surface area is 404 Å². The van der Waals surface area contributed by atoms with Crippen LogP contribution in [0.4, 0.5) is 0 Å². The highest BCUT2D eigenvalue weighted by Crippen LogP contribution is 2.54. The predicted octanol–water partition coefficient (Wildman–Crippen LogP) is 16.9. The van der Waals surface area contributed by atoms with E-state index >= 15 is 0 Å². The molecular weight excluding hydrogens is 816 g/mol. The normalized spacial score (nSPS) is 11.5. The zero-order valence-electron chi connectivity index (χ0n) is 40.7. The molecule has 332 valence electrons. The summed E-state index contributed by atoms with van der Waals surface area (Å²) in [6.45, 7) is 19.1. The van der Waals surface area contributed by atoms with Crippen molar-refractivity contribution in [2.75, 3.05) is 0 Å². The monoisotopic (exact) mass is 876 g/mol. The van der Waals surface area contributed by atoms with Gasteiger partial charge in [0.25, 0.3) is 0 Å². The molecule has 0 heterocycles. The third-order valence-corrected chi connectivity index (χ3v) is 13.2. The summed E-state index contributed by atoms with van der Waals surface area (Å²) >= 11 is 0. The van der Waals surface area contributed by atoms with Crippen LogP contribution in [0, 0.1) is 27.7 Å². The summed E-state index contributed by atoms with van der Waals surface area (Å²) in [6, 6.07) is 70.1. The van der Waals surface area contributed by atoms with E-state index in [1.165, 1.54) is 115 Å². The van der Waals surface area contributed by atoms with Crippen LogP contribution in [0.5, 0.6) is 0 Å². The van der Waals surface area contributed by atoms with Crippen molar-refractivity contribution in [3.63, 3.8) is 0 Å². The van der Waals surface area contributed by atoms with Crippen LogP contribution in [-0.2, 0) is 0 Å². The maximum absolute atomic E-state index is 3.51. The molecule has 0 aliphatic rings. The maximum Gasteiger partial charge on any atom is 0.207 e. The molecule has 0 atom stereocenters. The molecule has 1 heteroatoms. The molecule has 0 radical (unpaired) electrons. The molecule has 0 N–H and O–H groups in total. The average molecular weight is 877 g/mol. The SMILES string of the molecule is C/C=c1/c(B(C)c2ccccc2)ccc2c1c(C)c1c(-c3ccccc3)c3c4cccc5c(C)ccc(c3c(-c3ccccc3)c12)c54.C=C/C=C\C=C/C.Cc1ccccc1.Cc1ccccc1. The molecule has 0 amide bonds. The van der Waals surface area contributed by atoms with E-state index in [4.69, 9.17) is 0 Å². The Morgan fingerprint density at radius 2 is 0.853 bits per heavy atom. The Kier molecular flexibility index (Phi) is 14.9. The minimum atomic E-state index is 0.282. The fourth-order valence-electron chi connectivity index (χ4n) is 9.99. The third-order valence-electron chi connectivity index (χ3n) is 13.2. The van der Waals surface area contributed by atoms with Crippen molar-refractivity contribution in [1.29, 1.82) is 0 Å². The lowest BCUT2D eigenvalue weighted by atomic mass is 9.42. The molecule has 11 aromatic carbocycles. The molecule has 0 bridgehead atoms. The van der Waals surface area contributed by atoms with E-state index in [1.54, 1.807) is 6.08 Å². The quantitative estimate of drug-likeness (QED) is 0.115.